The zero-order valence-corrected chi connectivity index (χ0v) is 10.7. The summed E-state index contributed by atoms with van der Waals surface area (Å²) < 4.78 is 0. The molecule has 0 aromatic carbocycles. The molecule has 0 fully saturated rings. The number of nitrogens with one attached hydrogen (secondary N) is 2. The van der Waals surface area contributed by atoms with Crippen LogP contribution in [0.2, 0.25) is 0 Å². The maximum atomic E-state index is 11.9. The van der Waals surface area contributed by atoms with Gasteiger partial charge in [-0.2, -0.15) is 4.98 Å². The number of nitrogens with zero attached hydrogens (tertiary/aromatic N) is 1. The average Bonchev–Trinajstić information content (AvgIpc) is 2.27. The molecule has 0 radical (unpaired) electrons. The van der Waals surface area contributed by atoms with Crippen molar-refractivity contribution in [3.63, 3.8) is 0 Å². The molecule has 1 aromatic rings. The Labute approximate surface area is 103 Å². The standard InChI is InChI=1S/C10H15N3O3S/c1-5(4-14)11-8(15)7-6(2)12-10(16)13-9(7)17-3/h5,14H,4H2,1-3H3,(H,11,15)(H,12,13,16). The van der Waals surface area contributed by atoms with Crippen LogP contribution in [0.15, 0.2) is 9.82 Å². The largest absolute Gasteiger partial charge is 0.394 e. The van der Waals surface area contributed by atoms with Crippen LogP contribution in [0.25, 0.3) is 0 Å². The van der Waals surface area contributed by atoms with Gasteiger partial charge >= 0.3 is 5.69 Å². The number of carbonyl (C=O) groups is 1. The van der Waals surface area contributed by atoms with Crippen LogP contribution in [-0.4, -0.2) is 39.9 Å². The third kappa shape index (κ3) is 3.31. The van der Waals surface area contributed by atoms with Gasteiger partial charge in [-0.1, -0.05) is 0 Å². The van der Waals surface area contributed by atoms with Gasteiger partial charge in [0.15, 0.2) is 0 Å². The Kier molecular flexibility index (Phi) is 4.71. The number of rotatable bonds is 4. The Morgan fingerprint density at radius 3 is 2.82 bits per heavy atom. The van der Waals surface area contributed by atoms with Gasteiger partial charge in [0, 0.05) is 11.7 Å². The summed E-state index contributed by atoms with van der Waals surface area (Å²) in [6.07, 6.45) is 1.74. The van der Waals surface area contributed by atoms with Gasteiger partial charge in [-0.3, -0.25) is 4.79 Å². The quantitative estimate of drug-likeness (QED) is 0.517. The highest BCUT2D eigenvalue weighted by atomic mass is 32.2. The van der Waals surface area contributed by atoms with Gasteiger partial charge in [-0.25, -0.2) is 4.79 Å². The highest BCUT2D eigenvalue weighted by molar-refractivity contribution is 7.98. The number of amides is 1. The topological polar surface area (TPSA) is 95.1 Å². The molecule has 1 aromatic heterocycles. The lowest BCUT2D eigenvalue weighted by Crippen LogP contribution is -2.36. The lowest BCUT2D eigenvalue weighted by molar-refractivity contribution is 0.0917. The van der Waals surface area contributed by atoms with Gasteiger partial charge < -0.3 is 15.4 Å². The molecule has 0 aliphatic carbocycles. The summed E-state index contributed by atoms with van der Waals surface area (Å²) in [5.41, 5.74) is 0.341. The van der Waals surface area contributed by atoms with E-state index in [-0.39, 0.29) is 18.6 Å². The monoisotopic (exact) mass is 257 g/mol. The van der Waals surface area contributed by atoms with Crippen molar-refractivity contribution in [1.82, 2.24) is 15.3 Å². The number of hydrogen-bond acceptors (Lipinski definition) is 5. The first-order chi connectivity index (χ1) is 7.99. The molecule has 0 aliphatic heterocycles. The third-order valence-corrected chi connectivity index (χ3v) is 2.84. The van der Waals surface area contributed by atoms with E-state index >= 15 is 0 Å². The maximum Gasteiger partial charge on any atom is 0.346 e. The summed E-state index contributed by atoms with van der Waals surface area (Å²) in [6, 6.07) is -0.344. The van der Waals surface area contributed by atoms with Crippen molar-refractivity contribution in [3.8, 4) is 0 Å². The minimum Gasteiger partial charge on any atom is -0.394 e. The van der Waals surface area contributed by atoms with E-state index < -0.39 is 5.69 Å². The average molecular weight is 257 g/mol. The molecule has 1 amide bonds. The third-order valence-electron chi connectivity index (χ3n) is 2.16. The maximum absolute atomic E-state index is 11.9. The summed E-state index contributed by atoms with van der Waals surface area (Å²) >= 11 is 1.23. The van der Waals surface area contributed by atoms with Crippen LogP contribution in [0.3, 0.4) is 0 Å². The number of aliphatic hydroxyl groups excluding tert-OH is 1. The van der Waals surface area contributed by atoms with Gasteiger partial charge in [-0.15, -0.1) is 11.8 Å². The molecule has 3 N–H and O–H groups in total. The fourth-order valence-corrected chi connectivity index (χ4v) is 1.94. The molecule has 0 bridgehead atoms. The fourth-order valence-electron chi connectivity index (χ4n) is 1.32. The van der Waals surface area contributed by atoms with E-state index in [0.29, 0.717) is 16.3 Å². The van der Waals surface area contributed by atoms with Crippen LogP contribution in [0.5, 0.6) is 0 Å². The molecule has 1 heterocycles. The predicted molar refractivity (Wildman–Crippen MR) is 65.4 cm³/mol. The first-order valence-electron chi connectivity index (χ1n) is 5.06. The Hall–Kier alpha value is -1.34. The van der Waals surface area contributed by atoms with E-state index in [1.165, 1.54) is 11.8 Å². The number of thioether (sulfide) groups is 1. The van der Waals surface area contributed by atoms with Crippen LogP contribution in [0, 0.1) is 6.92 Å². The van der Waals surface area contributed by atoms with Gasteiger partial charge in [0.25, 0.3) is 5.91 Å². The second kappa shape index (κ2) is 5.83. The number of aromatic amines is 1. The van der Waals surface area contributed by atoms with E-state index in [9.17, 15) is 9.59 Å². The summed E-state index contributed by atoms with van der Waals surface area (Å²) in [7, 11) is 0. The van der Waals surface area contributed by atoms with Crippen LogP contribution < -0.4 is 11.0 Å². The molecule has 1 atom stereocenters. The zero-order chi connectivity index (χ0) is 13.0. The molecule has 7 heteroatoms. The van der Waals surface area contributed by atoms with Crippen molar-refractivity contribution in [3.05, 3.63) is 21.7 Å². The first kappa shape index (κ1) is 13.7. The molecule has 94 valence electrons. The normalized spacial score (nSPS) is 12.2. The summed E-state index contributed by atoms with van der Waals surface area (Å²) in [5, 5.41) is 11.9. The molecule has 0 aliphatic rings. The number of H-pyrrole nitrogens is 1. The molecule has 0 saturated heterocycles. The van der Waals surface area contributed by atoms with Gasteiger partial charge in [0.1, 0.15) is 5.03 Å². The van der Waals surface area contributed by atoms with Crippen molar-refractivity contribution < 1.29 is 9.90 Å². The Bertz CT molecular complexity index is 472. The van der Waals surface area contributed by atoms with Gasteiger partial charge in [-0.05, 0) is 20.1 Å². The molecule has 1 rings (SSSR count). The van der Waals surface area contributed by atoms with Crippen molar-refractivity contribution in [1.29, 1.82) is 0 Å². The first-order valence-corrected chi connectivity index (χ1v) is 6.28. The smallest absolute Gasteiger partial charge is 0.346 e. The van der Waals surface area contributed by atoms with Crippen molar-refractivity contribution in [2.45, 2.75) is 24.9 Å². The Balaban J connectivity index is 3.12. The van der Waals surface area contributed by atoms with Crippen molar-refractivity contribution in [2.24, 2.45) is 0 Å². The SMILES string of the molecule is CSc1nc(=O)[nH]c(C)c1C(=O)NC(C)CO. The lowest BCUT2D eigenvalue weighted by Gasteiger charge is -2.13. The number of aryl methyl sites for hydroxylation is 1. The molecular formula is C10H15N3O3S. The number of carbonyl (C=O) groups excluding carboxylic acids is 1. The van der Waals surface area contributed by atoms with Crippen LogP contribution in [0.4, 0.5) is 0 Å². The highest BCUT2D eigenvalue weighted by Gasteiger charge is 2.18. The minimum atomic E-state index is -0.474. The fraction of sp³-hybridized carbons (Fsp3) is 0.500. The molecule has 17 heavy (non-hydrogen) atoms. The number of hydrogen-bond donors (Lipinski definition) is 3. The highest BCUT2D eigenvalue weighted by Crippen LogP contribution is 2.17. The van der Waals surface area contributed by atoms with Gasteiger partial charge in [0.2, 0.25) is 0 Å². The second-order valence-corrected chi connectivity index (χ2v) is 4.40. The minimum absolute atomic E-state index is 0.143. The van der Waals surface area contributed by atoms with E-state index in [0.717, 1.165) is 0 Å². The second-order valence-electron chi connectivity index (χ2n) is 3.61. The van der Waals surface area contributed by atoms with Crippen LogP contribution in [-0.2, 0) is 0 Å². The van der Waals surface area contributed by atoms with E-state index in [2.05, 4.69) is 15.3 Å². The summed E-state index contributed by atoms with van der Waals surface area (Å²) in [5.74, 6) is -0.350. The summed E-state index contributed by atoms with van der Waals surface area (Å²) in [6.45, 7) is 3.18. The van der Waals surface area contributed by atoms with E-state index in [1.54, 1.807) is 20.1 Å². The Morgan fingerprint density at radius 1 is 1.65 bits per heavy atom. The summed E-state index contributed by atoms with van der Waals surface area (Å²) in [4.78, 5) is 29.3. The number of aliphatic hydroxyl groups is 1. The molecule has 6 nitrogen and oxygen atoms in total. The molecular weight excluding hydrogens is 242 g/mol. The molecule has 1 unspecified atom stereocenters. The number of aromatic nitrogens is 2. The van der Waals surface area contributed by atoms with Crippen molar-refractivity contribution >= 4 is 17.7 Å². The predicted octanol–water partition coefficient (Wildman–Crippen LogP) is -0.0892. The lowest BCUT2D eigenvalue weighted by atomic mass is 10.2. The van der Waals surface area contributed by atoms with Crippen LogP contribution >= 0.6 is 11.8 Å². The zero-order valence-electron chi connectivity index (χ0n) is 9.90. The van der Waals surface area contributed by atoms with Gasteiger partial charge in [0.05, 0.1) is 12.2 Å². The molecule has 0 spiro atoms. The van der Waals surface area contributed by atoms with E-state index in [1.807, 2.05) is 0 Å². The molecule has 0 saturated carbocycles. The van der Waals surface area contributed by atoms with Crippen LogP contribution in [0.1, 0.15) is 23.0 Å². The van der Waals surface area contributed by atoms with Crippen molar-refractivity contribution in [2.75, 3.05) is 12.9 Å². The van der Waals surface area contributed by atoms with E-state index in [4.69, 9.17) is 5.11 Å². The Morgan fingerprint density at radius 2 is 2.29 bits per heavy atom.